The van der Waals surface area contributed by atoms with Gasteiger partial charge in [0.2, 0.25) is 0 Å². The van der Waals surface area contributed by atoms with Crippen LogP contribution >= 0.6 is 11.3 Å². The summed E-state index contributed by atoms with van der Waals surface area (Å²) in [6.07, 6.45) is 3.87. The summed E-state index contributed by atoms with van der Waals surface area (Å²) in [7, 11) is 0. The van der Waals surface area contributed by atoms with Gasteiger partial charge in [-0.25, -0.2) is 4.98 Å². The lowest BCUT2D eigenvalue weighted by Gasteiger charge is -2.24. The molecule has 90 valence electrons. The second kappa shape index (κ2) is 4.11. The molecule has 0 radical (unpaired) electrons. The molecule has 0 unspecified atom stereocenters. The number of thiazole rings is 1. The molecule has 0 saturated heterocycles. The van der Waals surface area contributed by atoms with Crippen LogP contribution < -0.4 is 5.32 Å². The van der Waals surface area contributed by atoms with Gasteiger partial charge in [0.15, 0.2) is 0 Å². The molecule has 1 aromatic rings. The van der Waals surface area contributed by atoms with Crippen molar-refractivity contribution in [3.63, 3.8) is 0 Å². The number of nitrogens with one attached hydrogen (secondary N) is 1. The van der Waals surface area contributed by atoms with Gasteiger partial charge in [0.25, 0.3) is 0 Å². The molecule has 0 bridgehead atoms. The fourth-order valence-electron chi connectivity index (χ4n) is 1.85. The first-order valence-electron chi connectivity index (χ1n) is 6.05. The fraction of sp³-hybridized carbons (Fsp3) is 0.769. The van der Waals surface area contributed by atoms with Gasteiger partial charge in [0.1, 0.15) is 0 Å². The lowest BCUT2D eigenvalue weighted by Crippen LogP contribution is -2.40. The standard InChI is InChI=1S/C13H22N2S/c1-10-8-16-11(15-10)7-13(5-6-13)9-14-12(2,3)4/h8,14H,5-7,9H2,1-4H3. The van der Waals surface area contributed by atoms with Crippen LogP contribution in [-0.2, 0) is 6.42 Å². The number of hydrogen-bond donors (Lipinski definition) is 1. The molecule has 0 aromatic carbocycles. The Morgan fingerprint density at radius 1 is 1.44 bits per heavy atom. The van der Waals surface area contributed by atoms with E-state index in [4.69, 9.17) is 0 Å². The maximum atomic E-state index is 4.57. The Bertz CT molecular complexity index is 358. The second-order valence-corrected chi connectivity index (χ2v) is 7.11. The van der Waals surface area contributed by atoms with E-state index in [9.17, 15) is 0 Å². The molecule has 3 heteroatoms. The molecule has 1 fully saturated rings. The molecule has 1 heterocycles. The Hall–Kier alpha value is -0.410. The minimum absolute atomic E-state index is 0.231. The van der Waals surface area contributed by atoms with Gasteiger partial charge in [0, 0.05) is 29.6 Å². The molecule has 1 N–H and O–H groups in total. The van der Waals surface area contributed by atoms with E-state index in [1.165, 1.54) is 23.5 Å². The van der Waals surface area contributed by atoms with Crippen LogP contribution in [0.25, 0.3) is 0 Å². The summed E-state index contributed by atoms with van der Waals surface area (Å²) in [5, 5.41) is 7.09. The third kappa shape index (κ3) is 3.29. The zero-order chi connectivity index (χ0) is 11.8. The van der Waals surface area contributed by atoms with E-state index in [-0.39, 0.29) is 5.54 Å². The van der Waals surface area contributed by atoms with E-state index in [2.05, 4.69) is 43.4 Å². The number of rotatable bonds is 4. The first-order valence-corrected chi connectivity index (χ1v) is 6.93. The van der Waals surface area contributed by atoms with E-state index < -0.39 is 0 Å². The van der Waals surface area contributed by atoms with Crippen molar-refractivity contribution in [2.45, 2.75) is 52.5 Å². The van der Waals surface area contributed by atoms with Crippen molar-refractivity contribution in [1.82, 2.24) is 10.3 Å². The molecule has 1 aromatic heterocycles. The largest absolute Gasteiger partial charge is 0.312 e. The smallest absolute Gasteiger partial charge is 0.0934 e. The summed E-state index contributed by atoms with van der Waals surface area (Å²) < 4.78 is 0. The molecule has 0 aliphatic heterocycles. The van der Waals surface area contributed by atoms with Crippen molar-refractivity contribution in [2.24, 2.45) is 5.41 Å². The van der Waals surface area contributed by atoms with Crippen LogP contribution in [0.1, 0.15) is 44.3 Å². The minimum atomic E-state index is 0.231. The number of aryl methyl sites for hydroxylation is 1. The van der Waals surface area contributed by atoms with Crippen molar-refractivity contribution >= 4 is 11.3 Å². The van der Waals surface area contributed by atoms with Gasteiger partial charge in [-0.2, -0.15) is 0 Å². The van der Waals surface area contributed by atoms with Crippen LogP contribution in [0.3, 0.4) is 0 Å². The number of hydrogen-bond acceptors (Lipinski definition) is 3. The van der Waals surface area contributed by atoms with Crippen molar-refractivity contribution in [2.75, 3.05) is 6.54 Å². The Morgan fingerprint density at radius 2 is 2.12 bits per heavy atom. The summed E-state index contributed by atoms with van der Waals surface area (Å²) in [4.78, 5) is 4.57. The van der Waals surface area contributed by atoms with Crippen LogP contribution in [0.2, 0.25) is 0 Å². The maximum Gasteiger partial charge on any atom is 0.0934 e. The summed E-state index contributed by atoms with van der Waals surface area (Å²) in [5.41, 5.74) is 1.91. The molecule has 16 heavy (non-hydrogen) atoms. The van der Waals surface area contributed by atoms with Crippen LogP contribution in [0.4, 0.5) is 0 Å². The van der Waals surface area contributed by atoms with Crippen LogP contribution in [0, 0.1) is 12.3 Å². The average Bonchev–Trinajstić information content (AvgIpc) is 2.80. The quantitative estimate of drug-likeness (QED) is 0.871. The highest BCUT2D eigenvalue weighted by atomic mass is 32.1. The van der Waals surface area contributed by atoms with Gasteiger partial charge in [-0.15, -0.1) is 11.3 Å². The monoisotopic (exact) mass is 238 g/mol. The predicted octanol–water partition coefficient (Wildman–Crippen LogP) is 3.16. The molecule has 1 saturated carbocycles. The van der Waals surface area contributed by atoms with Gasteiger partial charge in [0.05, 0.1) is 5.01 Å². The van der Waals surface area contributed by atoms with Crippen molar-refractivity contribution < 1.29 is 0 Å². The zero-order valence-corrected chi connectivity index (χ0v) is 11.6. The minimum Gasteiger partial charge on any atom is -0.312 e. The molecule has 2 rings (SSSR count). The van der Waals surface area contributed by atoms with E-state index in [1.807, 2.05) is 11.3 Å². The van der Waals surface area contributed by atoms with Crippen molar-refractivity contribution in [3.8, 4) is 0 Å². The van der Waals surface area contributed by atoms with E-state index >= 15 is 0 Å². The molecule has 0 spiro atoms. The van der Waals surface area contributed by atoms with Gasteiger partial charge in [-0.1, -0.05) is 0 Å². The van der Waals surface area contributed by atoms with Gasteiger partial charge < -0.3 is 5.32 Å². The zero-order valence-electron chi connectivity index (χ0n) is 10.8. The normalized spacial score (nSPS) is 18.8. The first kappa shape index (κ1) is 12.1. The Labute approximate surface area is 102 Å². The lowest BCUT2D eigenvalue weighted by molar-refractivity contribution is 0.356. The van der Waals surface area contributed by atoms with Crippen LogP contribution in [-0.4, -0.2) is 17.1 Å². The van der Waals surface area contributed by atoms with Crippen molar-refractivity contribution in [1.29, 1.82) is 0 Å². The summed E-state index contributed by atoms with van der Waals surface area (Å²) in [6.45, 7) is 9.91. The lowest BCUT2D eigenvalue weighted by atomic mass is 10.0. The van der Waals surface area contributed by atoms with E-state index in [0.29, 0.717) is 5.41 Å². The topological polar surface area (TPSA) is 24.9 Å². The second-order valence-electron chi connectivity index (χ2n) is 6.16. The van der Waals surface area contributed by atoms with Gasteiger partial charge >= 0.3 is 0 Å². The summed E-state index contributed by atoms with van der Waals surface area (Å²) in [5.74, 6) is 0. The summed E-state index contributed by atoms with van der Waals surface area (Å²) in [6, 6.07) is 0. The molecule has 1 aliphatic carbocycles. The first-order chi connectivity index (χ1) is 7.39. The number of aromatic nitrogens is 1. The van der Waals surface area contributed by atoms with Crippen molar-refractivity contribution in [3.05, 3.63) is 16.1 Å². The SMILES string of the molecule is Cc1csc(CC2(CNC(C)(C)C)CC2)n1. The Morgan fingerprint density at radius 3 is 2.56 bits per heavy atom. The Kier molecular flexibility index (Phi) is 3.10. The maximum absolute atomic E-state index is 4.57. The van der Waals surface area contributed by atoms with E-state index in [1.54, 1.807) is 0 Å². The molecular formula is C13H22N2S. The number of nitrogens with zero attached hydrogens (tertiary/aromatic N) is 1. The summed E-state index contributed by atoms with van der Waals surface area (Å²) >= 11 is 1.81. The highest BCUT2D eigenvalue weighted by molar-refractivity contribution is 7.09. The van der Waals surface area contributed by atoms with Gasteiger partial charge in [-0.05, 0) is 46.0 Å². The van der Waals surface area contributed by atoms with Gasteiger partial charge in [-0.3, -0.25) is 0 Å². The van der Waals surface area contributed by atoms with Crippen LogP contribution in [0.5, 0.6) is 0 Å². The molecule has 0 atom stereocenters. The third-order valence-electron chi connectivity index (χ3n) is 3.14. The average molecular weight is 238 g/mol. The van der Waals surface area contributed by atoms with E-state index in [0.717, 1.165) is 13.0 Å². The molecule has 2 nitrogen and oxygen atoms in total. The highest BCUT2D eigenvalue weighted by Crippen LogP contribution is 2.48. The third-order valence-corrected chi connectivity index (χ3v) is 4.11. The fourth-order valence-corrected chi connectivity index (χ4v) is 2.80. The molecule has 1 aliphatic rings. The molecular weight excluding hydrogens is 216 g/mol. The Balaban J connectivity index is 1.89. The predicted molar refractivity (Wildman–Crippen MR) is 70.0 cm³/mol. The molecule has 0 amide bonds. The van der Waals surface area contributed by atoms with Crippen LogP contribution in [0.15, 0.2) is 5.38 Å². The highest BCUT2D eigenvalue weighted by Gasteiger charge is 2.43.